The molecule has 2 aromatic rings. The highest BCUT2D eigenvalue weighted by Gasteiger charge is 2.23. The third-order valence-electron chi connectivity index (χ3n) is 5.49. The molecule has 2 rings (SSSR count). The van der Waals surface area contributed by atoms with Gasteiger partial charge in [-0.15, -0.1) is 0 Å². The minimum Gasteiger partial charge on any atom is -0.390 e. The van der Waals surface area contributed by atoms with Gasteiger partial charge in [-0.25, -0.2) is 0 Å². The van der Waals surface area contributed by atoms with Crippen molar-refractivity contribution in [1.82, 2.24) is 4.98 Å². The van der Waals surface area contributed by atoms with Gasteiger partial charge in [0.15, 0.2) is 0 Å². The summed E-state index contributed by atoms with van der Waals surface area (Å²) in [6.45, 7) is 19.0. The summed E-state index contributed by atoms with van der Waals surface area (Å²) in [7, 11) is 0. The molecule has 0 radical (unpaired) electrons. The van der Waals surface area contributed by atoms with Gasteiger partial charge in [-0.2, -0.15) is 0 Å². The number of aliphatic hydroxyl groups is 1. The van der Waals surface area contributed by atoms with Crippen molar-refractivity contribution in [2.24, 2.45) is 0 Å². The number of aryl methyl sites for hydroxylation is 2. The Labute approximate surface area is 197 Å². The molecule has 1 N–H and O–H groups in total. The van der Waals surface area contributed by atoms with Gasteiger partial charge in [0.25, 0.3) is 0 Å². The van der Waals surface area contributed by atoms with Crippen LogP contribution in [0.15, 0.2) is 30.3 Å². The number of Topliss-reactive ketones (excluding diaryl/α,β-unsaturated/α-hetero) is 1. The average molecular weight is 442 g/mol. The van der Waals surface area contributed by atoms with Crippen LogP contribution in [0.5, 0.6) is 0 Å². The maximum absolute atomic E-state index is 10.4. The second-order valence-electron chi connectivity index (χ2n) is 9.17. The SMILES string of the molecule is CCC.CCC(C)(C)c1nc(CO)c(Cc2ccc(C)cc2)cc1C.CCCC(=O)CC. The Balaban J connectivity index is 0.000000809. The Morgan fingerprint density at radius 3 is 1.97 bits per heavy atom. The van der Waals surface area contributed by atoms with Gasteiger partial charge >= 0.3 is 0 Å². The Morgan fingerprint density at radius 1 is 1.00 bits per heavy atom. The molecule has 1 heterocycles. The zero-order valence-electron chi connectivity index (χ0n) is 22.1. The zero-order chi connectivity index (χ0) is 24.7. The van der Waals surface area contributed by atoms with Gasteiger partial charge < -0.3 is 5.11 Å². The number of aliphatic hydroxyl groups excluding tert-OH is 1. The number of carbonyl (C=O) groups is 1. The molecule has 0 saturated heterocycles. The van der Waals surface area contributed by atoms with Gasteiger partial charge in [0.05, 0.1) is 12.3 Å². The smallest absolute Gasteiger partial charge is 0.132 e. The number of hydrogen-bond acceptors (Lipinski definition) is 3. The quantitative estimate of drug-likeness (QED) is 0.457. The van der Waals surface area contributed by atoms with Gasteiger partial charge in [0.1, 0.15) is 5.78 Å². The Bertz CT molecular complexity index is 792. The number of nitrogens with zero attached hydrogens (tertiary/aromatic N) is 1. The fourth-order valence-electron chi connectivity index (χ4n) is 3.23. The van der Waals surface area contributed by atoms with E-state index in [1.807, 2.05) is 13.8 Å². The topological polar surface area (TPSA) is 50.2 Å². The van der Waals surface area contributed by atoms with Crippen LogP contribution in [0.4, 0.5) is 0 Å². The van der Waals surface area contributed by atoms with Crippen LogP contribution in [0, 0.1) is 13.8 Å². The molecule has 0 fully saturated rings. The summed E-state index contributed by atoms with van der Waals surface area (Å²) < 4.78 is 0. The Hall–Kier alpha value is -2.00. The highest BCUT2D eigenvalue weighted by Crippen LogP contribution is 2.29. The molecule has 180 valence electrons. The average Bonchev–Trinajstić information content (AvgIpc) is 2.76. The molecule has 1 aromatic carbocycles. The van der Waals surface area contributed by atoms with Crippen molar-refractivity contribution < 1.29 is 9.90 Å². The second-order valence-corrected chi connectivity index (χ2v) is 9.17. The Kier molecular flexibility index (Phi) is 14.8. The van der Waals surface area contributed by atoms with Gasteiger partial charge in [0.2, 0.25) is 0 Å². The van der Waals surface area contributed by atoms with Gasteiger partial charge in [-0.3, -0.25) is 9.78 Å². The lowest BCUT2D eigenvalue weighted by Gasteiger charge is -2.25. The molecule has 0 aliphatic carbocycles. The summed E-state index contributed by atoms with van der Waals surface area (Å²) >= 11 is 0. The van der Waals surface area contributed by atoms with E-state index in [-0.39, 0.29) is 12.0 Å². The number of hydrogen-bond donors (Lipinski definition) is 1. The fourth-order valence-corrected chi connectivity index (χ4v) is 3.23. The lowest BCUT2D eigenvalue weighted by Crippen LogP contribution is -2.21. The summed E-state index contributed by atoms with van der Waals surface area (Å²) in [5, 5.41) is 9.73. The molecule has 0 aliphatic heterocycles. The number of rotatable bonds is 8. The van der Waals surface area contributed by atoms with Crippen molar-refractivity contribution in [3.8, 4) is 0 Å². The molecule has 0 bridgehead atoms. The van der Waals surface area contributed by atoms with Gasteiger partial charge in [-0.1, -0.05) is 90.8 Å². The maximum Gasteiger partial charge on any atom is 0.132 e. The lowest BCUT2D eigenvalue weighted by molar-refractivity contribution is -0.118. The van der Waals surface area contributed by atoms with E-state index in [9.17, 15) is 9.90 Å². The standard InChI is InChI=1S/C20H27NO.C6H12O.C3H8/c1-6-20(4,5)19-15(3)11-17(18(13-22)21-19)12-16-9-7-14(2)8-10-16;1-3-5-6(7)4-2;1-3-2/h7-11,22H,6,12-13H2,1-5H3;3-5H2,1-2H3;3H2,1-2H3. The maximum atomic E-state index is 10.4. The first-order valence-corrected chi connectivity index (χ1v) is 12.3. The van der Waals surface area contributed by atoms with Crippen LogP contribution in [-0.2, 0) is 23.2 Å². The summed E-state index contributed by atoms with van der Waals surface area (Å²) in [5.74, 6) is 0.377. The number of aromatic nitrogens is 1. The predicted octanol–water partition coefficient (Wildman–Crippen LogP) is 7.65. The van der Waals surface area contributed by atoms with E-state index in [1.54, 1.807) is 0 Å². The summed E-state index contributed by atoms with van der Waals surface area (Å²) in [6, 6.07) is 10.8. The molecule has 0 saturated carbocycles. The lowest BCUT2D eigenvalue weighted by atomic mass is 9.83. The molecule has 0 spiro atoms. The van der Waals surface area contributed by atoms with Crippen LogP contribution in [0.25, 0.3) is 0 Å². The van der Waals surface area contributed by atoms with Crippen LogP contribution in [0.2, 0.25) is 0 Å². The largest absolute Gasteiger partial charge is 0.390 e. The number of carbonyl (C=O) groups excluding carboxylic acids is 1. The highest BCUT2D eigenvalue weighted by molar-refractivity contribution is 5.77. The van der Waals surface area contributed by atoms with Crippen LogP contribution in [-0.4, -0.2) is 15.9 Å². The number of benzene rings is 1. The molecule has 3 heteroatoms. The van der Waals surface area contributed by atoms with E-state index < -0.39 is 0 Å². The molecule has 0 aliphatic rings. The summed E-state index contributed by atoms with van der Waals surface area (Å²) in [4.78, 5) is 15.2. The van der Waals surface area contributed by atoms with Crippen LogP contribution >= 0.6 is 0 Å². The van der Waals surface area contributed by atoms with Crippen molar-refractivity contribution in [3.63, 3.8) is 0 Å². The van der Waals surface area contributed by atoms with Crippen LogP contribution in [0.3, 0.4) is 0 Å². The van der Waals surface area contributed by atoms with Crippen LogP contribution < -0.4 is 0 Å². The molecule has 0 unspecified atom stereocenters. The van der Waals surface area contributed by atoms with Crippen molar-refractivity contribution >= 4 is 5.78 Å². The predicted molar refractivity (Wildman–Crippen MR) is 138 cm³/mol. The third-order valence-corrected chi connectivity index (χ3v) is 5.49. The third kappa shape index (κ3) is 10.5. The second kappa shape index (κ2) is 15.7. The van der Waals surface area contributed by atoms with E-state index in [4.69, 9.17) is 4.98 Å². The molecule has 0 atom stereocenters. The minimum absolute atomic E-state index is 0.00569. The first-order chi connectivity index (χ1) is 15.1. The fraction of sp³-hybridized carbons (Fsp3) is 0.586. The van der Waals surface area contributed by atoms with Crippen molar-refractivity contribution in [2.45, 2.75) is 113 Å². The van der Waals surface area contributed by atoms with Crippen LogP contribution in [0.1, 0.15) is 114 Å². The van der Waals surface area contributed by atoms with E-state index in [1.165, 1.54) is 23.1 Å². The molecule has 32 heavy (non-hydrogen) atoms. The summed E-state index contributed by atoms with van der Waals surface area (Å²) in [5.41, 5.74) is 6.81. The van der Waals surface area contributed by atoms with E-state index in [2.05, 4.69) is 78.8 Å². The first kappa shape index (κ1) is 30.0. The number of ketones is 1. The first-order valence-electron chi connectivity index (χ1n) is 12.3. The normalized spacial score (nSPS) is 10.6. The minimum atomic E-state index is -0.00569. The van der Waals surface area contributed by atoms with E-state index in [0.717, 1.165) is 42.6 Å². The van der Waals surface area contributed by atoms with Crippen molar-refractivity contribution in [1.29, 1.82) is 0 Å². The van der Waals surface area contributed by atoms with Gasteiger partial charge in [-0.05, 0) is 49.8 Å². The molecular weight excluding hydrogens is 394 g/mol. The Morgan fingerprint density at radius 2 is 1.56 bits per heavy atom. The van der Waals surface area contributed by atoms with E-state index in [0.29, 0.717) is 12.2 Å². The van der Waals surface area contributed by atoms with E-state index >= 15 is 0 Å². The molecule has 3 nitrogen and oxygen atoms in total. The summed E-state index contributed by atoms with van der Waals surface area (Å²) in [6.07, 6.45) is 5.55. The number of pyridine rings is 1. The monoisotopic (exact) mass is 441 g/mol. The molecule has 0 amide bonds. The van der Waals surface area contributed by atoms with Crippen molar-refractivity contribution in [3.05, 3.63) is 64.0 Å². The zero-order valence-corrected chi connectivity index (χ0v) is 22.1. The van der Waals surface area contributed by atoms with Gasteiger partial charge in [0, 0.05) is 24.0 Å². The van der Waals surface area contributed by atoms with Crippen molar-refractivity contribution in [2.75, 3.05) is 0 Å². The highest BCUT2D eigenvalue weighted by atomic mass is 16.3. The molecule has 1 aromatic heterocycles. The molecular formula is C29H47NO2.